The average molecular weight is 518 g/mol. The standard InChI is InChI=1S/C16H19N6O8PS2/c1-31(2,28)30-21-8(7-5-33-15(17)19-7)11(23)20-9-12(24)22-10(14(25)26)6(3-29-16(18)27)4-32-13(9)22/h5,9,13H,3-4H2,1-2H3,(H2,17,19)(H2,18,27)(H,20,23)(H,25,26)/b21-8+/t9-,13-/m1/s1. The molecule has 0 aromatic carbocycles. The SMILES string of the molecule is CP(C)(=O)O/N=C(/C(=O)N[C@@H]1C(=O)N2C(C(=O)O)=C(COC(N)=O)CS[C@H]12)c1csc(N)n1. The van der Waals surface area contributed by atoms with Crippen LogP contribution >= 0.6 is 30.5 Å². The number of β-lactam (4-membered cyclic amide) rings is 1. The van der Waals surface area contributed by atoms with Gasteiger partial charge in [0, 0.05) is 30.0 Å². The summed E-state index contributed by atoms with van der Waals surface area (Å²) in [6.07, 6.45) is -1.08. The van der Waals surface area contributed by atoms with E-state index >= 15 is 0 Å². The molecule has 2 aliphatic heterocycles. The molecule has 0 bridgehead atoms. The second-order valence-electron chi connectivity index (χ2n) is 7.07. The first kappa shape index (κ1) is 24.5. The molecule has 33 heavy (non-hydrogen) atoms. The van der Waals surface area contributed by atoms with Crippen molar-refractivity contribution in [2.75, 3.05) is 31.4 Å². The Balaban J connectivity index is 1.81. The van der Waals surface area contributed by atoms with Crippen LogP contribution in [0.25, 0.3) is 0 Å². The van der Waals surface area contributed by atoms with Gasteiger partial charge in [-0.15, -0.1) is 23.1 Å². The zero-order chi connectivity index (χ0) is 24.5. The predicted molar refractivity (Wildman–Crippen MR) is 119 cm³/mol. The van der Waals surface area contributed by atoms with Crippen molar-refractivity contribution < 1.29 is 38.2 Å². The number of rotatable bonds is 8. The minimum atomic E-state index is -3.09. The molecule has 3 rings (SSSR count). The van der Waals surface area contributed by atoms with Gasteiger partial charge in [0.1, 0.15) is 29.4 Å². The first-order valence-electron chi connectivity index (χ1n) is 9.05. The maximum atomic E-state index is 12.9. The third-order valence-electron chi connectivity index (χ3n) is 4.23. The second-order valence-corrected chi connectivity index (χ2v) is 11.7. The van der Waals surface area contributed by atoms with Gasteiger partial charge in [0.05, 0.1) is 0 Å². The minimum Gasteiger partial charge on any atom is -0.477 e. The number of carbonyl (C=O) groups is 4. The number of primary amides is 1. The summed E-state index contributed by atoms with van der Waals surface area (Å²) >= 11 is 2.20. The van der Waals surface area contributed by atoms with Crippen LogP contribution in [-0.2, 0) is 28.3 Å². The van der Waals surface area contributed by atoms with Crippen molar-refractivity contribution in [1.82, 2.24) is 15.2 Å². The van der Waals surface area contributed by atoms with Crippen LogP contribution in [0.15, 0.2) is 21.8 Å². The number of aromatic nitrogens is 1. The van der Waals surface area contributed by atoms with Crippen LogP contribution < -0.4 is 16.8 Å². The number of carbonyl (C=O) groups excluding carboxylic acids is 3. The van der Waals surface area contributed by atoms with Gasteiger partial charge in [0.2, 0.25) is 0 Å². The molecule has 3 heterocycles. The Labute approximate surface area is 194 Å². The van der Waals surface area contributed by atoms with Crippen molar-refractivity contribution in [3.05, 3.63) is 22.3 Å². The molecule has 6 N–H and O–H groups in total. The smallest absolute Gasteiger partial charge is 0.404 e. The molecule has 2 aliphatic rings. The van der Waals surface area contributed by atoms with Crippen molar-refractivity contribution in [3.8, 4) is 0 Å². The molecule has 1 aromatic heterocycles. The fourth-order valence-electron chi connectivity index (χ4n) is 2.90. The van der Waals surface area contributed by atoms with E-state index in [0.29, 0.717) is 0 Å². The zero-order valence-electron chi connectivity index (χ0n) is 17.2. The van der Waals surface area contributed by atoms with Crippen LogP contribution in [0, 0.1) is 0 Å². The van der Waals surface area contributed by atoms with Gasteiger partial charge in [-0.3, -0.25) is 19.1 Å². The number of hydrogen-bond donors (Lipinski definition) is 4. The molecule has 1 aromatic rings. The van der Waals surface area contributed by atoms with E-state index in [9.17, 15) is 28.8 Å². The molecule has 178 valence electrons. The number of nitrogens with zero attached hydrogens (tertiary/aromatic N) is 3. The summed E-state index contributed by atoms with van der Waals surface area (Å²) < 4.78 is 21.4. The molecule has 0 unspecified atom stereocenters. The lowest BCUT2D eigenvalue weighted by molar-refractivity contribution is -0.150. The summed E-state index contributed by atoms with van der Waals surface area (Å²) in [5.41, 5.74) is 10.1. The lowest BCUT2D eigenvalue weighted by Gasteiger charge is -2.49. The molecular formula is C16H19N6O8PS2. The quantitative estimate of drug-likeness (QED) is 0.153. The summed E-state index contributed by atoms with van der Waals surface area (Å²) in [4.78, 5) is 53.2. The molecule has 0 radical (unpaired) electrons. The Kier molecular flexibility index (Phi) is 7.00. The third kappa shape index (κ3) is 5.46. The molecule has 2 atom stereocenters. The first-order chi connectivity index (χ1) is 15.4. The fraction of sp³-hybridized carbons (Fsp3) is 0.375. The Morgan fingerprint density at radius 1 is 1.42 bits per heavy atom. The normalized spacial score (nSPS) is 20.6. The number of hydrogen-bond acceptors (Lipinski definition) is 12. The topological polar surface area (TPSA) is 217 Å². The molecule has 3 amide bonds. The number of nitrogens with one attached hydrogen (secondary N) is 1. The molecular weight excluding hydrogens is 499 g/mol. The van der Waals surface area contributed by atoms with Crippen LogP contribution in [0.4, 0.5) is 9.93 Å². The van der Waals surface area contributed by atoms with Gasteiger partial charge in [-0.1, -0.05) is 5.16 Å². The predicted octanol–water partition coefficient (Wildman–Crippen LogP) is -0.182. The Morgan fingerprint density at radius 2 is 2.12 bits per heavy atom. The van der Waals surface area contributed by atoms with Crippen molar-refractivity contribution in [2.24, 2.45) is 10.9 Å². The first-order valence-corrected chi connectivity index (χ1v) is 13.5. The summed E-state index contributed by atoms with van der Waals surface area (Å²) in [7, 11) is -3.09. The van der Waals surface area contributed by atoms with Gasteiger partial charge in [0.25, 0.3) is 19.2 Å². The number of thioether (sulfide) groups is 1. The van der Waals surface area contributed by atoms with E-state index in [1.54, 1.807) is 0 Å². The van der Waals surface area contributed by atoms with E-state index in [2.05, 4.69) is 20.2 Å². The van der Waals surface area contributed by atoms with Gasteiger partial charge in [-0.05, 0) is 0 Å². The molecule has 0 saturated carbocycles. The lowest BCUT2D eigenvalue weighted by atomic mass is 10.0. The number of carboxylic acid groups (broad SMARTS) is 1. The van der Waals surface area contributed by atoms with E-state index in [1.165, 1.54) is 18.7 Å². The molecule has 0 aliphatic carbocycles. The summed E-state index contributed by atoms with van der Waals surface area (Å²) in [6, 6.07) is -1.08. The van der Waals surface area contributed by atoms with Gasteiger partial charge in [-0.25, -0.2) is 14.6 Å². The van der Waals surface area contributed by atoms with Crippen molar-refractivity contribution >= 4 is 65.2 Å². The summed E-state index contributed by atoms with van der Waals surface area (Å²) in [5.74, 6) is -2.81. The number of anilines is 1. The minimum absolute atomic E-state index is 0.0559. The highest BCUT2D eigenvalue weighted by Gasteiger charge is 2.54. The Hall–Kier alpha value is -3.10. The molecule has 14 nitrogen and oxygen atoms in total. The maximum Gasteiger partial charge on any atom is 0.404 e. The Bertz CT molecular complexity index is 1130. The number of nitrogens with two attached hydrogens (primary N) is 2. The average Bonchev–Trinajstić information content (AvgIpc) is 3.14. The fourth-order valence-corrected chi connectivity index (χ4v) is 5.06. The number of ether oxygens (including phenoxy) is 1. The number of thiazole rings is 1. The lowest BCUT2D eigenvalue weighted by Crippen LogP contribution is -2.71. The monoisotopic (exact) mass is 518 g/mol. The van der Waals surface area contributed by atoms with Gasteiger partial charge in [-0.2, -0.15) is 0 Å². The molecule has 0 spiro atoms. The van der Waals surface area contributed by atoms with Crippen molar-refractivity contribution in [1.29, 1.82) is 0 Å². The number of oxime groups is 1. The van der Waals surface area contributed by atoms with E-state index in [4.69, 9.17) is 16.1 Å². The zero-order valence-corrected chi connectivity index (χ0v) is 19.7. The highest BCUT2D eigenvalue weighted by molar-refractivity contribution is 8.00. The van der Waals surface area contributed by atoms with E-state index in [0.717, 1.165) is 28.0 Å². The maximum absolute atomic E-state index is 12.9. The van der Waals surface area contributed by atoms with E-state index < -0.39 is 42.7 Å². The van der Waals surface area contributed by atoms with Gasteiger partial charge < -0.3 is 31.3 Å². The van der Waals surface area contributed by atoms with E-state index in [-0.39, 0.29) is 40.2 Å². The third-order valence-corrected chi connectivity index (χ3v) is 6.72. The van der Waals surface area contributed by atoms with Crippen LogP contribution in [0.5, 0.6) is 0 Å². The Morgan fingerprint density at radius 3 is 2.67 bits per heavy atom. The summed E-state index contributed by atoms with van der Waals surface area (Å²) in [6.45, 7) is 2.21. The van der Waals surface area contributed by atoms with Crippen molar-refractivity contribution in [3.63, 3.8) is 0 Å². The van der Waals surface area contributed by atoms with Gasteiger partial charge >= 0.3 is 12.1 Å². The van der Waals surface area contributed by atoms with Crippen molar-refractivity contribution in [2.45, 2.75) is 11.4 Å². The molecule has 17 heteroatoms. The number of carboxylic acids is 1. The second kappa shape index (κ2) is 9.41. The molecule has 1 fully saturated rings. The van der Waals surface area contributed by atoms with E-state index in [1.807, 2.05) is 0 Å². The molecule has 1 saturated heterocycles. The highest BCUT2D eigenvalue weighted by atomic mass is 32.2. The summed E-state index contributed by atoms with van der Waals surface area (Å²) in [5, 5.41) is 16.6. The largest absolute Gasteiger partial charge is 0.477 e. The number of nitrogen functional groups attached to an aromatic ring is 1. The van der Waals surface area contributed by atoms with Crippen LogP contribution in [0.3, 0.4) is 0 Å². The van der Waals surface area contributed by atoms with Crippen LogP contribution in [0.2, 0.25) is 0 Å². The van der Waals surface area contributed by atoms with Gasteiger partial charge in [0.15, 0.2) is 10.8 Å². The van der Waals surface area contributed by atoms with Crippen LogP contribution in [0.1, 0.15) is 5.69 Å². The van der Waals surface area contributed by atoms with Crippen LogP contribution in [-0.4, -0.2) is 81.7 Å². The number of fused-ring (bicyclic) bond motifs is 1. The number of amides is 3. The number of aliphatic carboxylic acids is 1. The highest BCUT2D eigenvalue weighted by Crippen LogP contribution is 2.40.